The maximum Gasteiger partial charge on any atom is 0.345 e. The number of aromatic nitrogens is 1. The highest BCUT2D eigenvalue weighted by atomic mass is 19.1. The van der Waals surface area contributed by atoms with E-state index >= 15 is 0 Å². The minimum Gasteiger partial charge on any atom is -0.494 e. The molecule has 2 aliphatic heterocycles. The Balaban J connectivity index is 1.74. The van der Waals surface area contributed by atoms with Crippen LogP contribution in [0.4, 0.5) is 10.2 Å². The van der Waals surface area contributed by atoms with E-state index in [1.165, 1.54) is 32.4 Å². The van der Waals surface area contributed by atoms with Crippen LogP contribution in [0.1, 0.15) is 10.4 Å². The Labute approximate surface area is 154 Å². The van der Waals surface area contributed by atoms with Gasteiger partial charge in [-0.25, -0.2) is 9.18 Å². The number of benzene rings is 1. The van der Waals surface area contributed by atoms with Crippen LogP contribution < -0.4 is 15.0 Å². The zero-order chi connectivity index (χ0) is 19.1. The van der Waals surface area contributed by atoms with Gasteiger partial charge in [-0.2, -0.15) is 0 Å². The molecule has 2 aliphatic rings. The second-order valence-corrected chi connectivity index (χ2v) is 6.57. The van der Waals surface area contributed by atoms with Gasteiger partial charge >= 0.3 is 5.97 Å². The van der Waals surface area contributed by atoms with Crippen molar-refractivity contribution in [2.75, 3.05) is 38.8 Å². The Morgan fingerprint density at radius 2 is 2.19 bits per heavy atom. The summed E-state index contributed by atoms with van der Waals surface area (Å²) >= 11 is 0. The highest BCUT2D eigenvalue weighted by molar-refractivity contribution is 6.01. The number of ether oxygens (including phenoxy) is 2. The van der Waals surface area contributed by atoms with Crippen molar-refractivity contribution in [2.24, 2.45) is 11.8 Å². The van der Waals surface area contributed by atoms with Crippen molar-refractivity contribution in [1.82, 2.24) is 10.5 Å². The van der Waals surface area contributed by atoms with Crippen molar-refractivity contribution in [3.05, 3.63) is 29.6 Å². The average molecular weight is 375 g/mol. The van der Waals surface area contributed by atoms with E-state index in [1.54, 1.807) is 0 Å². The van der Waals surface area contributed by atoms with E-state index in [0.717, 1.165) is 0 Å². The summed E-state index contributed by atoms with van der Waals surface area (Å²) in [5.41, 5.74) is 0.580. The lowest BCUT2D eigenvalue weighted by Crippen LogP contribution is -2.29. The summed E-state index contributed by atoms with van der Waals surface area (Å²) in [6, 6.07) is 4.13. The highest BCUT2D eigenvalue weighted by Gasteiger charge is 2.44. The average Bonchev–Trinajstić information content (AvgIpc) is 3.37. The molecule has 0 saturated carbocycles. The van der Waals surface area contributed by atoms with E-state index in [0.29, 0.717) is 31.0 Å². The van der Waals surface area contributed by atoms with Crippen LogP contribution in [0.15, 0.2) is 22.7 Å². The van der Waals surface area contributed by atoms with Crippen LogP contribution in [0.3, 0.4) is 0 Å². The first-order valence-corrected chi connectivity index (χ1v) is 8.48. The molecule has 1 aromatic heterocycles. The van der Waals surface area contributed by atoms with Gasteiger partial charge in [0.15, 0.2) is 28.7 Å². The van der Waals surface area contributed by atoms with Gasteiger partial charge < -0.3 is 24.2 Å². The number of nitrogens with one attached hydrogen (secondary N) is 1. The Morgan fingerprint density at radius 3 is 2.89 bits per heavy atom. The number of anilines is 1. The van der Waals surface area contributed by atoms with E-state index < -0.39 is 11.8 Å². The summed E-state index contributed by atoms with van der Waals surface area (Å²) in [6.45, 7) is 1.62. The van der Waals surface area contributed by atoms with Crippen LogP contribution in [-0.2, 0) is 9.53 Å². The fraction of sp³-hybridized carbons (Fsp3) is 0.389. The smallest absolute Gasteiger partial charge is 0.345 e. The number of methoxy groups -OCH3 is 2. The number of halogens is 1. The van der Waals surface area contributed by atoms with Gasteiger partial charge in [-0.3, -0.25) is 4.79 Å². The molecular weight excluding hydrogens is 357 g/mol. The van der Waals surface area contributed by atoms with Crippen molar-refractivity contribution in [3.8, 4) is 17.1 Å². The number of fused-ring (bicyclic) bond motifs is 1. The molecule has 3 heterocycles. The fourth-order valence-corrected chi connectivity index (χ4v) is 3.69. The van der Waals surface area contributed by atoms with Crippen molar-refractivity contribution in [2.45, 2.75) is 0 Å². The molecule has 0 bridgehead atoms. The van der Waals surface area contributed by atoms with Gasteiger partial charge in [-0.15, -0.1) is 0 Å². The number of rotatable bonds is 4. The Hall–Kier alpha value is -3.10. The molecule has 0 unspecified atom stereocenters. The van der Waals surface area contributed by atoms with Crippen molar-refractivity contribution in [3.63, 3.8) is 0 Å². The van der Waals surface area contributed by atoms with Crippen molar-refractivity contribution < 1.29 is 28.0 Å². The first-order valence-electron chi connectivity index (χ1n) is 8.48. The summed E-state index contributed by atoms with van der Waals surface area (Å²) in [7, 11) is 2.61. The number of esters is 1. The molecular formula is C18H18FN3O5. The Kier molecular flexibility index (Phi) is 4.21. The summed E-state index contributed by atoms with van der Waals surface area (Å²) in [5, 5.41) is 6.90. The molecule has 1 aromatic carbocycles. The fourth-order valence-electron chi connectivity index (χ4n) is 3.69. The van der Waals surface area contributed by atoms with Gasteiger partial charge in [-0.1, -0.05) is 5.16 Å². The number of hydrogen-bond acceptors (Lipinski definition) is 7. The number of hydrogen-bond donors (Lipinski definition) is 1. The van der Waals surface area contributed by atoms with Crippen LogP contribution >= 0.6 is 0 Å². The molecule has 1 amide bonds. The monoisotopic (exact) mass is 375 g/mol. The van der Waals surface area contributed by atoms with Crippen molar-refractivity contribution >= 4 is 17.7 Å². The number of carbonyl (C=O) groups excluding carboxylic acids is 2. The van der Waals surface area contributed by atoms with E-state index in [-0.39, 0.29) is 34.8 Å². The first kappa shape index (κ1) is 17.3. The molecule has 0 aliphatic carbocycles. The molecule has 27 heavy (non-hydrogen) atoms. The molecule has 2 atom stereocenters. The lowest BCUT2D eigenvalue weighted by molar-refractivity contribution is -0.122. The summed E-state index contributed by atoms with van der Waals surface area (Å²) in [4.78, 5) is 26.2. The molecule has 9 heteroatoms. The Morgan fingerprint density at radius 1 is 1.37 bits per heavy atom. The molecule has 0 radical (unpaired) electrons. The zero-order valence-corrected chi connectivity index (χ0v) is 14.8. The maximum absolute atomic E-state index is 13.7. The normalized spacial score (nSPS) is 21.1. The molecule has 0 spiro atoms. The number of amides is 1. The van der Waals surface area contributed by atoms with Gasteiger partial charge in [0, 0.05) is 31.1 Å². The van der Waals surface area contributed by atoms with E-state index in [2.05, 4.69) is 10.5 Å². The van der Waals surface area contributed by atoms with Gasteiger partial charge in [-0.05, 0) is 18.2 Å². The SMILES string of the molecule is COC(=O)c1c(N2C[C@@H]3CNC(=O)[C@@H]3C2)noc1-c1ccc(F)c(OC)c1. The third kappa shape index (κ3) is 2.79. The molecule has 8 nitrogen and oxygen atoms in total. The van der Waals surface area contributed by atoms with E-state index in [4.69, 9.17) is 14.0 Å². The predicted octanol–water partition coefficient (Wildman–Crippen LogP) is 1.46. The van der Waals surface area contributed by atoms with E-state index in [9.17, 15) is 14.0 Å². The minimum atomic E-state index is -0.619. The molecule has 2 saturated heterocycles. The third-order valence-corrected chi connectivity index (χ3v) is 5.09. The third-order valence-electron chi connectivity index (χ3n) is 5.09. The Bertz CT molecular complexity index is 912. The lowest BCUT2D eigenvalue weighted by Gasteiger charge is -2.17. The van der Waals surface area contributed by atoms with Gasteiger partial charge in [0.25, 0.3) is 0 Å². The van der Waals surface area contributed by atoms with E-state index in [1.807, 2.05) is 4.90 Å². The standard InChI is InChI=1S/C18H18FN3O5/c1-25-13-5-9(3-4-12(13)19)15-14(18(24)26-2)16(21-27-15)22-7-10-6-20-17(23)11(10)8-22/h3-5,10-11H,6-8H2,1-2H3,(H,20,23)/t10-,11+/m0/s1. The summed E-state index contributed by atoms with van der Waals surface area (Å²) < 4.78 is 29.1. The maximum atomic E-state index is 13.7. The second-order valence-electron chi connectivity index (χ2n) is 6.57. The quantitative estimate of drug-likeness (QED) is 0.809. The molecule has 1 N–H and O–H groups in total. The molecule has 2 aromatic rings. The summed E-state index contributed by atoms with van der Waals surface area (Å²) in [5.74, 6) is -0.609. The van der Waals surface area contributed by atoms with Crippen LogP contribution in [0, 0.1) is 17.7 Å². The van der Waals surface area contributed by atoms with Gasteiger partial charge in [0.2, 0.25) is 5.91 Å². The minimum absolute atomic E-state index is 0.00843. The zero-order valence-electron chi connectivity index (χ0n) is 14.8. The van der Waals surface area contributed by atoms with Crippen LogP contribution in [0.5, 0.6) is 5.75 Å². The second kappa shape index (κ2) is 6.57. The lowest BCUT2D eigenvalue weighted by atomic mass is 10.0. The van der Waals surface area contributed by atoms with Crippen molar-refractivity contribution in [1.29, 1.82) is 0 Å². The molecule has 2 fully saturated rings. The topological polar surface area (TPSA) is 93.9 Å². The summed E-state index contributed by atoms with van der Waals surface area (Å²) in [6.07, 6.45) is 0. The van der Waals surface area contributed by atoms with Gasteiger partial charge in [0.1, 0.15) is 0 Å². The molecule has 4 rings (SSSR count). The first-order chi connectivity index (χ1) is 13.0. The number of nitrogens with zero attached hydrogens (tertiary/aromatic N) is 2. The van der Waals surface area contributed by atoms with Gasteiger partial charge in [0.05, 0.1) is 20.1 Å². The highest BCUT2D eigenvalue weighted by Crippen LogP contribution is 2.38. The largest absolute Gasteiger partial charge is 0.494 e. The predicted molar refractivity (Wildman–Crippen MR) is 92.0 cm³/mol. The van der Waals surface area contributed by atoms with Crippen LogP contribution in [0.2, 0.25) is 0 Å². The molecule has 142 valence electrons. The van der Waals surface area contributed by atoms with Crippen LogP contribution in [0.25, 0.3) is 11.3 Å². The van der Waals surface area contributed by atoms with Crippen LogP contribution in [-0.4, -0.2) is 50.9 Å². The number of carbonyl (C=O) groups is 2.